The first-order chi connectivity index (χ1) is 8.36. The molecule has 0 radical (unpaired) electrons. The average molecular weight is 251 g/mol. The number of esters is 1. The molecule has 0 aromatic carbocycles. The summed E-state index contributed by atoms with van der Waals surface area (Å²) in [7, 11) is 0. The summed E-state index contributed by atoms with van der Waals surface area (Å²) >= 11 is 0. The maximum atomic E-state index is 11.4. The van der Waals surface area contributed by atoms with Gasteiger partial charge in [0.1, 0.15) is 0 Å². The minimum absolute atomic E-state index is 0.261. The van der Waals surface area contributed by atoms with Gasteiger partial charge in [-0.25, -0.2) is 14.6 Å². The van der Waals surface area contributed by atoms with E-state index in [1.54, 1.807) is 32.9 Å². The first-order valence-electron chi connectivity index (χ1n) is 5.73. The third-order valence-electron chi connectivity index (χ3n) is 2.49. The van der Waals surface area contributed by atoms with Crippen LogP contribution in [-0.2, 0) is 14.3 Å². The Balaban J connectivity index is 2.65. The molecule has 0 fully saturated rings. The number of hydrogen-bond donors (Lipinski definition) is 1. The highest BCUT2D eigenvalue weighted by atomic mass is 16.6. The minimum atomic E-state index is -0.975. The van der Waals surface area contributed by atoms with E-state index in [0.717, 1.165) is 0 Å². The number of aliphatic carboxylic acids is 1. The number of nitrogens with zero attached hydrogens (tertiary/aromatic N) is 1. The fraction of sp³-hybridized carbons (Fsp3) is 0.462. The van der Waals surface area contributed by atoms with Gasteiger partial charge in [0.25, 0.3) is 0 Å². The van der Waals surface area contributed by atoms with E-state index in [9.17, 15) is 9.59 Å². The van der Waals surface area contributed by atoms with Crippen LogP contribution in [0.4, 0.5) is 0 Å². The number of ether oxygens (including phenoxy) is 1. The van der Waals surface area contributed by atoms with Crippen molar-refractivity contribution >= 4 is 17.8 Å². The molecule has 0 aromatic heterocycles. The summed E-state index contributed by atoms with van der Waals surface area (Å²) in [5.41, 5.74) is -0.595. The zero-order valence-electron chi connectivity index (χ0n) is 10.8. The molecule has 0 aliphatic carbocycles. The van der Waals surface area contributed by atoms with Crippen LogP contribution in [0.3, 0.4) is 0 Å². The largest absolute Gasteiger partial charge is 0.478 e. The molecule has 1 N–H and O–H groups in total. The van der Waals surface area contributed by atoms with Crippen molar-refractivity contribution in [3.05, 3.63) is 23.8 Å². The summed E-state index contributed by atoms with van der Waals surface area (Å²) in [6.45, 7) is 5.13. The van der Waals surface area contributed by atoms with Crippen molar-refractivity contribution in [3.63, 3.8) is 0 Å². The standard InChI is InChI=1S/C13H17NO4/c1-4-5-6-9(11(15)16)7-8-10-14-13(2,3)12(17)18-10/h4-6H,7-8H2,1-3H3,(H,15,16). The number of cyclic esters (lactones) is 1. The van der Waals surface area contributed by atoms with Crippen LogP contribution in [-0.4, -0.2) is 28.5 Å². The summed E-state index contributed by atoms with van der Waals surface area (Å²) in [5, 5.41) is 8.98. The van der Waals surface area contributed by atoms with Crippen molar-refractivity contribution in [1.29, 1.82) is 0 Å². The monoisotopic (exact) mass is 251 g/mol. The van der Waals surface area contributed by atoms with Gasteiger partial charge < -0.3 is 9.84 Å². The van der Waals surface area contributed by atoms with Crippen molar-refractivity contribution in [2.45, 2.75) is 39.2 Å². The molecule has 0 amide bonds. The Morgan fingerprint density at radius 3 is 2.61 bits per heavy atom. The van der Waals surface area contributed by atoms with E-state index in [1.807, 2.05) is 0 Å². The van der Waals surface area contributed by atoms with Crippen LogP contribution in [0, 0.1) is 0 Å². The third-order valence-corrected chi connectivity index (χ3v) is 2.49. The first kappa shape index (κ1) is 14.2. The number of allylic oxidation sites excluding steroid dienone is 3. The van der Waals surface area contributed by atoms with Crippen LogP contribution >= 0.6 is 0 Å². The summed E-state index contributed by atoms with van der Waals surface area (Å²) in [5.74, 6) is -1.07. The molecule has 1 rings (SSSR count). The predicted octanol–water partition coefficient (Wildman–Crippen LogP) is 2.09. The van der Waals surface area contributed by atoms with Crippen LogP contribution in [0.25, 0.3) is 0 Å². The van der Waals surface area contributed by atoms with Crippen molar-refractivity contribution in [2.24, 2.45) is 4.99 Å². The average Bonchev–Trinajstić information content (AvgIpc) is 2.52. The number of carboxylic acid groups (broad SMARTS) is 1. The maximum Gasteiger partial charge on any atom is 0.340 e. The summed E-state index contributed by atoms with van der Waals surface area (Å²) in [4.78, 5) is 26.4. The topological polar surface area (TPSA) is 76.0 Å². The molecule has 0 spiro atoms. The zero-order valence-corrected chi connectivity index (χ0v) is 10.8. The number of carbonyl (C=O) groups excluding carboxylic acids is 1. The second-order valence-corrected chi connectivity index (χ2v) is 4.48. The molecule has 1 heterocycles. The highest BCUT2D eigenvalue weighted by molar-refractivity contribution is 6.00. The Morgan fingerprint density at radius 1 is 1.50 bits per heavy atom. The summed E-state index contributed by atoms with van der Waals surface area (Å²) < 4.78 is 4.98. The number of rotatable bonds is 5. The van der Waals surface area contributed by atoms with E-state index in [-0.39, 0.29) is 12.0 Å². The van der Waals surface area contributed by atoms with E-state index < -0.39 is 17.5 Å². The molecule has 0 unspecified atom stereocenters. The molecule has 18 heavy (non-hydrogen) atoms. The Morgan fingerprint density at radius 2 is 2.17 bits per heavy atom. The fourth-order valence-corrected chi connectivity index (χ4v) is 1.43. The lowest BCUT2D eigenvalue weighted by molar-refractivity contribution is -0.138. The Hall–Kier alpha value is -1.91. The minimum Gasteiger partial charge on any atom is -0.478 e. The highest BCUT2D eigenvalue weighted by Crippen LogP contribution is 2.21. The fourth-order valence-electron chi connectivity index (χ4n) is 1.43. The van der Waals surface area contributed by atoms with Gasteiger partial charge in [-0.3, -0.25) is 0 Å². The van der Waals surface area contributed by atoms with Crippen LogP contribution in [0.15, 0.2) is 28.8 Å². The Labute approximate surface area is 106 Å². The SMILES string of the molecule is CC=CC=C(CCC1=NC(C)(C)C(=O)O1)C(=O)O. The number of hydrogen-bond acceptors (Lipinski definition) is 4. The van der Waals surface area contributed by atoms with Gasteiger partial charge in [-0.05, 0) is 27.2 Å². The molecule has 0 saturated heterocycles. The molecule has 0 atom stereocenters. The molecule has 0 bridgehead atoms. The molecule has 5 nitrogen and oxygen atoms in total. The second-order valence-electron chi connectivity index (χ2n) is 4.48. The second kappa shape index (κ2) is 5.62. The van der Waals surface area contributed by atoms with Crippen LogP contribution in [0.1, 0.15) is 33.6 Å². The van der Waals surface area contributed by atoms with Crippen LogP contribution in [0.2, 0.25) is 0 Å². The van der Waals surface area contributed by atoms with Gasteiger partial charge in [-0.1, -0.05) is 18.2 Å². The van der Waals surface area contributed by atoms with Gasteiger partial charge in [-0.2, -0.15) is 0 Å². The molecular weight excluding hydrogens is 234 g/mol. The van der Waals surface area contributed by atoms with E-state index in [2.05, 4.69) is 4.99 Å². The van der Waals surface area contributed by atoms with Crippen molar-refractivity contribution in [1.82, 2.24) is 0 Å². The number of carboxylic acids is 1. The lowest BCUT2D eigenvalue weighted by Crippen LogP contribution is -2.25. The molecule has 0 aromatic rings. The third kappa shape index (κ3) is 3.55. The van der Waals surface area contributed by atoms with Crippen molar-refractivity contribution in [2.75, 3.05) is 0 Å². The van der Waals surface area contributed by atoms with E-state index in [4.69, 9.17) is 9.84 Å². The quantitative estimate of drug-likeness (QED) is 0.461. The zero-order chi connectivity index (χ0) is 13.8. The molecule has 1 aliphatic heterocycles. The van der Waals surface area contributed by atoms with Gasteiger partial charge in [0.2, 0.25) is 0 Å². The van der Waals surface area contributed by atoms with Gasteiger partial charge in [0.05, 0.1) is 0 Å². The molecule has 98 valence electrons. The molecular formula is C13H17NO4. The lowest BCUT2D eigenvalue weighted by Gasteiger charge is -2.05. The number of aliphatic imine (C=N–C) groups is 1. The molecule has 5 heteroatoms. The molecule has 1 aliphatic rings. The Bertz CT molecular complexity index is 444. The van der Waals surface area contributed by atoms with Crippen molar-refractivity contribution < 1.29 is 19.4 Å². The smallest absolute Gasteiger partial charge is 0.340 e. The van der Waals surface area contributed by atoms with Crippen molar-refractivity contribution in [3.8, 4) is 0 Å². The maximum absolute atomic E-state index is 11.4. The highest BCUT2D eigenvalue weighted by Gasteiger charge is 2.36. The Kier molecular flexibility index (Phi) is 4.42. The van der Waals surface area contributed by atoms with E-state index in [1.165, 1.54) is 6.08 Å². The van der Waals surface area contributed by atoms with Gasteiger partial charge in [0, 0.05) is 12.0 Å². The van der Waals surface area contributed by atoms with Crippen LogP contribution < -0.4 is 0 Å². The lowest BCUT2D eigenvalue weighted by atomic mass is 10.1. The van der Waals surface area contributed by atoms with E-state index >= 15 is 0 Å². The number of carbonyl (C=O) groups is 2. The van der Waals surface area contributed by atoms with Gasteiger partial charge in [0.15, 0.2) is 11.4 Å². The van der Waals surface area contributed by atoms with Gasteiger partial charge >= 0.3 is 11.9 Å². The van der Waals surface area contributed by atoms with Gasteiger partial charge in [-0.15, -0.1) is 0 Å². The first-order valence-corrected chi connectivity index (χ1v) is 5.73. The van der Waals surface area contributed by atoms with E-state index in [0.29, 0.717) is 12.3 Å². The predicted molar refractivity (Wildman–Crippen MR) is 67.4 cm³/mol. The van der Waals surface area contributed by atoms with Crippen LogP contribution in [0.5, 0.6) is 0 Å². The summed E-state index contributed by atoms with van der Waals surface area (Å²) in [6, 6.07) is 0. The summed E-state index contributed by atoms with van der Waals surface area (Å²) in [6.07, 6.45) is 5.53. The molecule has 0 saturated carbocycles. The normalized spacial score (nSPS) is 18.9.